The van der Waals surface area contributed by atoms with Crippen LogP contribution in [0.5, 0.6) is 0 Å². The molecule has 0 radical (unpaired) electrons. The van der Waals surface area contributed by atoms with Crippen molar-refractivity contribution in [2.45, 2.75) is 44.7 Å². The Morgan fingerprint density at radius 2 is 2.06 bits per heavy atom. The monoisotopic (exact) mass is 456 g/mol. The molecule has 3 aromatic rings. The van der Waals surface area contributed by atoms with Gasteiger partial charge in [0.15, 0.2) is 0 Å². The fourth-order valence-electron chi connectivity index (χ4n) is 3.98. The van der Waals surface area contributed by atoms with Gasteiger partial charge in [-0.25, -0.2) is 14.4 Å². The maximum atomic E-state index is 14.0. The molecular weight excluding hydrogens is 431 g/mol. The van der Waals surface area contributed by atoms with Gasteiger partial charge in [-0.1, -0.05) is 31.0 Å². The van der Waals surface area contributed by atoms with E-state index in [1.165, 1.54) is 12.1 Å². The molecule has 1 saturated heterocycles. The van der Waals surface area contributed by atoms with Crippen LogP contribution in [-0.2, 0) is 4.74 Å². The Morgan fingerprint density at radius 1 is 1.25 bits per heavy atom. The Morgan fingerprint density at radius 3 is 2.78 bits per heavy atom. The largest absolute Gasteiger partial charge is 0.381 e. The highest BCUT2D eigenvalue weighted by Crippen LogP contribution is 2.27. The van der Waals surface area contributed by atoms with Crippen LogP contribution in [0, 0.1) is 5.82 Å². The molecular formula is C24H26ClFN4O2. The molecule has 1 N–H and O–H groups in total. The van der Waals surface area contributed by atoms with Crippen molar-refractivity contribution in [2.24, 2.45) is 0 Å². The van der Waals surface area contributed by atoms with Crippen LogP contribution in [0.4, 0.5) is 10.3 Å². The van der Waals surface area contributed by atoms with Crippen LogP contribution in [-0.4, -0.2) is 33.8 Å². The predicted molar refractivity (Wildman–Crippen MR) is 124 cm³/mol. The average Bonchev–Trinajstić information content (AvgIpc) is 2.80. The van der Waals surface area contributed by atoms with Crippen LogP contribution < -0.4 is 10.9 Å². The summed E-state index contributed by atoms with van der Waals surface area (Å²) in [5, 5.41) is 3.42. The Bertz CT molecular complexity index is 1130. The molecule has 0 saturated carbocycles. The number of rotatable bonds is 7. The fourth-order valence-corrected chi connectivity index (χ4v) is 4.10. The van der Waals surface area contributed by atoms with E-state index in [0.717, 1.165) is 32.5 Å². The number of ether oxygens (including phenoxy) is 1. The maximum Gasteiger partial charge on any atom is 0.251 e. The van der Waals surface area contributed by atoms with E-state index in [1.54, 1.807) is 35.2 Å². The lowest BCUT2D eigenvalue weighted by Crippen LogP contribution is -2.28. The van der Waals surface area contributed by atoms with Crippen molar-refractivity contribution in [1.82, 2.24) is 14.5 Å². The van der Waals surface area contributed by atoms with E-state index in [-0.39, 0.29) is 22.7 Å². The second-order valence-electron chi connectivity index (χ2n) is 7.94. The molecule has 1 aliphatic heterocycles. The van der Waals surface area contributed by atoms with Gasteiger partial charge in [-0.3, -0.25) is 4.79 Å². The van der Waals surface area contributed by atoms with E-state index in [1.807, 2.05) is 13.0 Å². The minimum Gasteiger partial charge on any atom is -0.381 e. The van der Waals surface area contributed by atoms with Gasteiger partial charge in [0.1, 0.15) is 5.82 Å². The van der Waals surface area contributed by atoms with Gasteiger partial charge < -0.3 is 14.6 Å². The number of nitrogens with one attached hydrogen (secondary N) is 1. The lowest BCUT2D eigenvalue weighted by molar-refractivity contribution is 0.0903. The molecule has 0 spiro atoms. The summed E-state index contributed by atoms with van der Waals surface area (Å²) in [7, 11) is 0. The first-order chi connectivity index (χ1) is 15.5. The lowest BCUT2D eigenvalue weighted by Gasteiger charge is -2.23. The number of aromatic nitrogens is 3. The van der Waals surface area contributed by atoms with Gasteiger partial charge in [0.2, 0.25) is 5.95 Å². The molecule has 2 aromatic heterocycles. The van der Waals surface area contributed by atoms with Gasteiger partial charge in [0.05, 0.1) is 16.8 Å². The number of nitrogens with zero attached hydrogens (tertiary/aromatic N) is 3. The SMILES string of the molecule is CCC[C@H](c1ccc(Cl)c(F)c1)n1ccc(-c2ccnc(NC3CCOCC3)n2)cc1=O. The van der Waals surface area contributed by atoms with Gasteiger partial charge in [-0.2, -0.15) is 0 Å². The zero-order valence-electron chi connectivity index (χ0n) is 17.9. The molecule has 1 fully saturated rings. The van der Waals surface area contributed by atoms with Crippen molar-refractivity contribution in [2.75, 3.05) is 18.5 Å². The normalized spacial score (nSPS) is 15.5. The highest BCUT2D eigenvalue weighted by molar-refractivity contribution is 6.30. The molecule has 1 atom stereocenters. The van der Waals surface area contributed by atoms with E-state index < -0.39 is 5.82 Å². The summed E-state index contributed by atoms with van der Waals surface area (Å²) in [5.74, 6) is 0.0551. The van der Waals surface area contributed by atoms with Gasteiger partial charge in [0, 0.05) is 43.3 Å². The van der Waals surface area contributed by atoms with E-state index in [4.69, 9.17) is 16.3 Å². The van der Waals surface area contributed by atoms with Gasteiger partial charge in [-0.15, -0.1) is 0 Å². The van der Waals surface area contributed by atoms with Crippen LogP contribution in [0.3, 0.4) is 0 Å². The third kappa shape index (κ3) is 5.16. The van der Waals surface area contributed by atoms with Crippen molar-refractivity contribution in [3.63, 3.8) is 0 Å². The van der Waals surface area contributed by atoms with Crippen molar-refractivity contribution in [3.8, 4) is 11.3 Å². The Labute approximate surface area is 191 Å². The molecule has 3 heterocycles. The second kappa shape index (κ2) is 10.2. The van der Waals surface area contributed by atoms with Crippen molar-refractivity contribution >= 4 is 17.5 Å². The number of halogens is 2. The standard InChI is InChI=1S/C24H26ClFN4O2/c1-2-3-22(17-4-5-19(25)20(26)14-17)30-11-7-16(15-23(30)31)21-6-10-27-24(29-21)28-18-8-12-32-13-9-18/h4-7,10-11,14-15,18,22H,2-3,8-9,12-13H2,1H3,(H,27,28,29)/t22-/m1/s1. The minimum atomic E-state index is -0.486. The van der Waals surface area contributed by atoms with E-state index in [9.17, 15) is 9.18 Å². The number of anilines is 1. The number of benzene rings is 1. The smallest absolute Gasteiger partial charge is 0.251 e. The van der Waals surface area contributed by atoms with Crippen molar-refractivity contribution < 1.29 is 9.13 Å². The summed E-state index contributed by atoms with van der Waals surface area (Å²) in [5.41, 5.74) is 1.92. The maximum absolute atomic E-state index is 14.0. The number of pyridine rings is 1. The molecule has 0 amide bonds. The van der Waals surface area contributed by atoms with E-state index >= 15 is 0 Å². The first kappa shape index (κ1) is 22.4. The van der Waals surface area contributed by atoms with Crippen LogP contribution in [0.2, 0.25) is 5.02 Å². The summed E-state index contributed by atoms with van der Waals surface area (Å²) in [4.78, 5) is 21.9. The lowest BCUT2D eigenvalue weighted by atomic mass is 10.0. The summed E-state index contributed by atoms with van der Waals surface area (Å²) in [6.07, 6.45) is 6.80. The molecule has 1 aliphatic rings. The van der Waals surface area contributed by atoms with E-state index in [0.29, 0.717) is 29.2 Å². The van der Waals surface area contributed by atoms with Crippen LogP contribution in [0.25, 0.3) is 11.3 Å². The summed E-state index contributed by atoms with van der Waals surface area (Å²) >= 11 is 5.84. The zero-order valence-corrected chi connectivity index (χ0v) is 18.7. The van der Waals surface area contributed by atoms with Gasteiger partial charge in [0.25, 0.3) is 5.56 Å². The number of hydrogen-bond donors (Lipinski definition) is 1. The van der Waals surface area contributed by atoms with E-state index in [2.05, 4.69) is 15.3 Å². The summed E-state index contributed by atoms with van der Waals surface area (Å²) < 4.78 is 21.1. The predicted octanol–water partition coefficient (Wildman–Crippen LogP) is 5.08. The molecule has 168 valence electrons. The fraction of sp³-hybridized carbons (Fsp3) is 0.375. The first-order valence-electron chi connectivity index (χ1n) is 10.9. The van der Waals surface area contributed by atoms with Gasteiger partial charge >= 0.3 is 0 Å². The van der Waals surface area contributed by atoms with Crippen LogP contribution in [0.1, 0.15) is 44.2 Å². The Balaban J connectivity index is 1.60. The van der Waals surface area contributed by atoms with Crippen LogP contribution >= 0.6 is 11.6 Å². The minimum absolute atomic E-state index is 0.0700. The molecule has 6 nitrogen and oxygen atoms in total. The second-order valence-corrected chi connectivity index (χ2v) is 8.34. The third-order valence-corrected chi connectivity index (χ3v) is 5.99. The average molecular weight is 457 g/mol. The molecule has 0 unspecified atom stereocenters. The topological polar surface area (TPSA) is 69.0 Å². The third-order valence-electron chi connectivity index (χ3n) is 5.68. The molecule has 32 heavy (non-hydrogen) atoms. The van der Waals surface area contributed by atoms with Crippen molar-refractivity contribution in [3.05, 3.63) is 75.5 Å². The first-order valence-corrected chi connectivity index (χ1v) is 11.3. The quantitative estimate of drug-likeness (QED) is 0.537. The molecule has 1 aromatic carbocycles. The van der Waals surface area contributed by atoms with Gasteiger partial charge in [-0.05, 0) is 49.1 Å². The van der Waals surface area contributed by atoms with Crippen LogP contribution in [0.15, 0.2) is 53.6 Å². The molecule has 0 aliphatic carbocycles. The summed E-state index contributed by atoms with van der Waals surface area (Å²) in [6.45, 7) is 3.49. The van der Waals surface area contributed by atoms with Crippen molar-refractivity contribution in [1.29, 1.82) is 0 Å². The Hall–Kier alpha value is -2.77. The summed E-state index contributed by atoms with van der Waals surface area (Å²) in [6, 6.07) is 9.92. The zero-order chi connectivity index (χ0) is 22.5. The molecule has 0 bridgehead atoms. The number of hydrogen-bond acceptors (Lipinski definition) is 5. The highest BCUT2D eigenvalue weighted by Gasteiger charge is 2.18. The highest BCUT2D eigenvalue weighted by atomic mass is 35.5. The molecule has 8 heteroatoms. The molecule has 4 rings (SSSR count). The Kier molecular flexibility index (Phi) is 7.17.